The molecule has 0 aliphatic rings. The minimum absolute atomic E-state index is 0.0139. The lowest BCUT2D eigenvalue weighted by Crippen LogP contribution is -2.07. The van der Waals surface area contributed by atoms with Gasteiger partial charge in [0.15, 0.2) is 6.61 Å². The summed E-state index contributed by atoms with van der Waals surface area (Å²) in [4.78, 5) is 22.0. The standard InChI is InChI=1S/C21H19ClN2O4/c1-3-26-21(25)19-18(23-20(28-19)16-7-5-4-6-8-16)13-27-24-14(2)15-9-11-17(22)12-10-15/h4-12H,3,13H2,1-2H3. The van der Waals surface area contributed by atoms with Crippen LogP contribution in [-0.4, -0.2) is 23.3 Å². The van der Waals surface area contributed by atoms with Crippen LogP contribution >= 0.6 is 11.6 Å². The van der Waals surface area contributed by atoms with E-state index < -0.39 is 5.97 Å². The third-order valence-corrected chi connectivity index (χ3v) is 4.10. The molecule has 3 rings (SSSR count). The van der Waals surface area contributed by atoms with Gasteiger partial charge in [0.2, 0.25) is 11.7 Å². The Morgan fingerprint density at radius 2 is 1.86 bits per heavy atom. The van der Waals surface area contributed by atoms with Crippen molar-refractivity contribution in [1.82, 2.24) is 4.98 Å². The van der Waals surface area contributed by atoms with Crippen LogP contribution in [0, 0.1) is 0 Å². The maximum Gasteiger partial charge on any atom is 0.376 e. The van der Waals surface area contributed by atoms with E-state index in [9.17, 15) is 4.79 Å². The van der Waals surface area contributed by atoms with E-state index in [-0.39, 0.29) is 19.0 Å². The Hall–Kier alpha value is -3.12. The van der Waals surface area contributed by atoms with Crippen LogP contribution in [0.3, 0.4) is 0 Å². The summed E-state index contributed by atoms with van der Waals surface area (Å²) in [7, 11) is 0. The number of carbonyl (C=O) groups excluding carboxylic acids is 1. The minimum Gasteiger partial charge on any atom is -0.460 e. The number of hydrogen-bond donors (Lipinski definition) is 0. The van der Waals surface area contributed by atoms with E-state index in [4.69, 9.17) is 25.6 Å². The van der Waals surface area contributed by atoms with Crippen molar-refractivity contribution in [2.24, 2.45) is 5.16 Å². The summed E-state index contributed by atoms with van der Waals surface area (Å²) in [6.45, 7) is 3.74. The summed E-state index contributed by atoms with van der Waals surface area (Å²) in [5, 5.41) is 4.73. The molecule has 28 heavy (non-hydrogen) atoms. The molecule has 144 valence electrons. The summed E-state index contributed by atoms with van der Waals surface area (Å²) in [5.41, 5.74) is 2.62. The lowest BCUT2D eigenvalue weighted by Gasteiger charge is -2.03. The summed E-state index contributed by atoms with van der Waals surface area (Å²) in [6, 6.07) is 16.5. The molecular formula is C21H19ClN2O4. The first-order valence-corrected chi connectivity index (χ1v) is 9.11. The highest BCUT2D eigenvalue weighted by Gasteiger charge is 2.22. The smallest absolute Gasteiger partial charge is 0.376 e. The predicted octanol–water partition coefficient (Wildman–Crippen LogP) is 5.11. The molecule has 0 radical (unpaired) electrons. The van der Waals surface area contributed by atoms with Gasteiger partial charge < -0.3 is 14.0 Å². The molecule has 0 atom stereocenters. The summed E-state index contributed by atoms with van der Waals surface area (Å²) in [6.07, 6.45) is 0. The average Bonchev–Trinajstić information content (AvgIpc) is 3.13. The number of hydrogen-bond acceptors (Lipinski definition) is 6. The van der Waals surface area contributed by atoms with Crippen molar-refractivity contribution in [2.75, 3.05) is 6.61 Å². The van der Waals surface area contributed by atoms with E-state index in [0.717, 1.165) is 11.1 Å². The molecule has 7 heteroatoms. The van der Waals surface area contributed by atoms with Crippen molar-refractivity contribution in [2.45, 2.75) is 20.5 Å². The highest BCUT2D eigenvalue weighted by Crippen LogP contribution is 2.23. The van der Waals surface area contributed by atoms with E-state index in [1.54, 1.807) is 19.1 Å². The molecule has 3 aromatic rings. The maximum atomic E-state index is 12.2. The van der Waals surface area contributed by atoms with Gasteiger partial charge in [0.25, 0.3) is 0 Å². The molecule has 1 heterocycles. The number of nitrogens with zero attached hydrogens (tertiary/aromatic N) is 2. The molecular weight excluding hydrogens is 380 g/mol. The van der Waals surface area contributed by atoms with Gasteiger partial charge in [-0.05, 0) is 43.7 Å². The molecule has 0 aliphatic heterocycles. The number of ether oxygens (including phenoxy) is 1. The van der Waals surface area contributed by atoms with Crippen LogP contribution in [0.5, 0.6) is 0 Å². The number of halogens is 1. The summed E-state index contributed by atoms with van der Waals surface area (Å²) in [5.74, 6) is -0.255. The highest BCUT2D eigenvalue weighted by molar-refractivity contribution is 6.30. The Bertz CT molecular complexity index is 966. The zero-order chi connectivity index (χ0) is 19.9. The Labute approximate surface area is 167 Å². The van der Waals surface area contributed by atoms with Gasteiger partial charge in [0, 0.05) is 10.6 Å². The molecule has 2 aromatic carbocycles. The Morgan fingerprint density at radius 1 is 1.14 bits per heavy atom. The first-order valence-electron chi connectivity index (χ1n) is 8.73. The van der Waals surface area contributed by atoms with Crippen LogP contribution < -0.4 is 0 Å². The van der Waals surface area contributed by atoms with Gasteiger partial charge in [-0.1, -0.05) is 47.1 Å². The predicted molar refractivity (Wildman–Crippen MR) is 106 cm³/mol. The van der Waals surface area contributed by atoms with Crippen LogP contribution in [-0.2, 0) is 16.2 Å². The number of benzene rings is 2. The van der Waals surface area contributed by atoms with Crippen molar-refractivity contribution in [3.63, 3.8) is 0 Å². The third-order valence-electron chi connectivity index (χ3n) is 3.84. The fourth-order valence-electron chi connectivity index (χ4n) is 2.44. The largest absolute Gasteiger partial charge is 0.460 e. The quantitative estimate of drug-likeness (QED) is 0.314. The second kappa shape index (κ2) is 9.19. The molecule has 0 amide bonds. The van der Waals surface area contributed by atoms with Crippen LogP contribution in [0.4, 0.5) is 0 Å². The van der Waals surface area contributed by atoms with Crippen LogP contribution in [0.1, 0.15) is 35.7 Å². The van der Waals surface area contributed by atoms with Crippen LogP contribution in [0.15, 0.2) is 64.2 Å². The normalized spacial score (nSPS) is 11.3. The molecule has 0 N–H and O–H groups in total. The Morgan fingerprint density at radius 3 is 2.54 bits per heavy atom. The zero-order valence-corrected chi connectivity index (χ0v) is 16.3. The van der Waals surface area contributed by atoms with E-state index in [0.29, 0.717) is 22.3 Å². The SMILES string of the molecule is CCOC(=O)c1oc(-c2ccccc2)nc1CON=C(C)c1ccc(Cl)cc1. The molecule has 0 spiro atoms. The van der Waals surface area contributed by atoms with Crippen molar-refractivity contribution in [1.29, 1.82) is 0 Å². The van der Waals surface area contributed by atoms with Crippen molar-refractivity contribution < 1.29 is 18.8 Å². The number of carbonyl (C=O) groups is 1. The molecule has 1 aromatic heterocycles. The maximum absolute atomic E-state index is 12.2. The molecule has 0 saturated carbocycles. The summed E-state index contributed by atoms with van der Waals surface area (Å²) < 4.78 is 10.7. The average molecular weight is 399 g/mol. The molecule has 0 bridgehead atoms. The van der Waals surface area contributed by atoms with Crippen molar-refractivity contribution in [3.8, 4) is 11.5 Å². The van der Waals surface area contributed by atoms with Gasteiger partial charge in [-0.15, -0.1) is 0 Å². The van der Waals surface area contributed by atoms with Crippen LogP contribution in [0.2, 0.25) is 5.02 Å². The summed E-state index contributed by atoms with van der Waals surface area (Å²) >= 11 is 5.89. The minimum atomic E-state index is -0.589. The van der Waals surface area contributed by atoms with Gasteiger partial charge in [0.1, 0.15) is 5.69 Å². The van der Waals surface area contributed by atoms with Crippen LogP contribution in [0.25, 0.3) is 11.5 Å². The zero-order valence-electron chi connectivity index (χ0n) is 15.5. The lowest BCUT2D eigenvalue weighted by atomic mass is 10.1. The van der Waals surface area contributed by atoms with Gasteiger partial charge in [-0.3, -0.25) is 0 Å². The molecule has 0 aliphatic carbocycles. The number of esters is 1. The molecule has 0 unspecified atom stereocenters. The van der Waals surface area contributed by atoms with Gasteiger partial charge in [0.05, 0.1) is 12.3 Å². The molecule has 6 nitrogen and oxygen atoms in total. The molecule has 0 fully saturated rings. The highest BCUT2D eigenvalue weighted by atomic mass is 35.5. The second-order valence-electron chi connectivity index (χ2n) is 5.84. The second-order valence-corrected chi connectivity index (χ2v) is 6.27. The van der Waals surface area contributed by atoms with Gasteiger partial charge >= 0.3 is 5.97 Å². The number of aromatic nitrogens is 1. The Balaban J connectivity index is 1.79. The van der Waals surface area contributed by atoms with E-state index in [2.05, 4.69) is 10.1 Å². The monoisotopic (exact) mass is 398 g/mol. The first-order chi connectivity index (χ1) is 13.6. The lowest BCUT2D eigenvalue weighted by molar-refractivity contribution is 0.0481. The van der Waals surface area contributed by atoms with E-state index in [1.165, 1.54) is 0 Å². The van der Waals surface area contributed by atoms with Crippen molar-refractivity contribution in [3.05, 3.63) is 76.6 Å². The fraction of sp³-hybridized carbons (Fsp3) is 0.190. The van der Waals surface area contributed by atoms with E-state index >= 15 is 0 Å². The fourth-order valence-corrected chi connectivity index (χ4v) is 2.57. The molecule has 0 saturated heterocycles. The van der Waals surface area contributed by atoms with E-state index in [1.807, 2.05) is 49.4 Å². The first kappa shape index (κ1) is 19.6. The van der Waals surface area contributed by atoms with Gasteiger partial charge in [-0.2, -0.15) is 0 Å². The topological polar surface area (TPSA) is 73.9 Å². The number of oxazole rings is 1. The van der Waals surface area contributed by atoms with Gasteiger partial charge in [-0.25, -0.2) is 9.78 Å². The Kier molecular flexibility index (Phi) is 6.45. The third kappa shape index (κ3) is 4.78. The number of rotatable bonds is 7. The number of oxime groups is 1. The van der Waals surface area contributed by atoms with Crippen molar-refractivity contribution >= 4 is 23.3 Å².